The predicted octanol–water partition coefficient (Wildman–Crippen LogP) is 3.18. The summed E-state index contributed by atoms with van der Waals surface area (Å²) in [6, 6.07) is 8.93. The fourth-order valence-corrected chi connectivity index (χ4v) is 2.34. The van der Waals surface area contributed by atoms with Crippen molar-refractivity contribution >= 4 is 10.9 Å². The van der Waals surface area contributed by atoms with Crippen LogP contribution in [0, 0.1) is 0 Å². The highest BCUT2D eigenvalue weighted by Crippen LogP contribution is 2.18. The Morgan fingerprint density at radius 3 is 2.95 bits per heavy atom. The van der Waals surface area contributed by atoms with E-state index in [2.05, 4.69) is 47.3 Å². The first-order valence-electron chi connectivity index (χ1n) is 7.12. The van der Waals surface area contributed by atoms with Gasteiger partial charge in [0.05, 0.1) is 0 Å². The van der Waals surface area contributed by atoms with Gasteiger partial charge in [-0.15, -0.1) is 0 Å². The summed E-state index contributed by atoms with van der Waals surface area (Å²) in [5, 5.41) is 4.77. The lowest BCUT2D eigenvalue weighted by molar-refractivity contribution is 0.190. The number of benzene rings is 1. The molecule has 0 unspecified atom stereocenters. The van der Waals surface area contributed by atoms with Crippen molar-refractivity contribution in [2.75, 3.05) is 20.3 Å². The zero-order valence-electron chi connectivity index (χ0n) is 12.0. The topological polar surface area (TPSA) is 26.2 Å². The van der Waals surface area contributed by atoms with Crippen LogP contribution in [0.25, 0.3) is 10.9 Å². The number of hydrogen-bond donors (Lipinski definition) is 1. The van der Waals surface area contributed by atoms with Gasteiger partial charge >= 0.3 is 0 Å². The van der Waals surface area contributed by atoms with Crippen LogP contribution in [0.5, 0.6) is 0 Å². The number of aromatic nitrogens is 1. The Bertz CT molecular complexity index is 504. The van der Waals surface area contributed by atoms with Crippen LogP contribution in [0.1, 0.15) is 25.3 Å². The summed E-state index contributed by atoms with van der Waals surface area (Å²) >= 11 is 0. The van der Waals surface area contributed by atoms with Crippen molar-refractivity contribution in [1.82, 2.24) is 9.88 Å². The molecule has 0 atom stereocenters. The molecule has 0 aliphatic carbocycles. The Morgan fingerprint density at radius 1 is 1.26 bits per heavy atom. The Kier molecular flexibility index (Phi) is 5.43. The summed E-state index contributed by atoms with van der Waals surface area (Å²) in [6.45, 7) is 6.06. The average Bonchev–Trinajstić information content (AvgIpc) is 2.82. The van der Waals surface area contributed by atoms with Crippen LogP contribution in [0.3, 0.4) is 0 Å². The molecular weight excluding hydrogens is 236 g/mol. The number of ether oxygens (including phenoxy) is 1. The van der Waals surface area contributed by atoms with E-state index in [0.29, 0.717) is 0 Å². The maximum Gasteiger partial charge on any atom is 0.0480 e. The number of methoxy groups -OCH3 is 1. The van der Waals surface area contributed by atoms with Gasteiger partial charge in [0.2, 0.25) is 0 Å². The average molecular weight is 260 g/mol. The Hall–Kier alpha value is -1.32. The van der Waals surface area contributed by atoms with Crippen LogP contribution in [-0.4, -0.2) is 24.8 Å². The van der Waals surface area contributed by atoms with Gasteiger partial charge in [0.1, 0.15) is 0 Å². The van der Waals surface area contributed by atoms with Crippen molar-refractivity contribution < 1.29 is 4.74 Å². The molecule has 2 aromatic rings. The molecular formula is C16H24N2O. The minimum atomic E-state index is 0.818. The second-order valence-corrected chi connectivity index (χ2v) is 4.93. The fraction of sp³-hybridized carbons (Fsp3) is 0.500. The Labute approximate surface area is 115 Å². The predicted molar refractivity (Wildman–Crippen MR) is 80.4 cm³/mol. The summed E-state index contributed by atoms with van der Waals surface area (Å²) in [5.74, 6) is 0. The highest BCUT2D eigenvalue weighted by Gasteiger charge is 2.02. The first-order valence-corrected chi connectivity index (χ1v) is 7.12. The summed E-state index contributed by atoms with van der Waals surface area (Å²) < 4.78 is 7.41. The lowest BCUT2D eigenvalue weighted by Gasteiger charge is -2.07. The minimum absolute atomic E-state index is 0.818. The van der Waals surface area contributed by atoms with Gasteiger partial charge in [-0.05, 0) is 48.5 Å². The Morgan fingerprint density at radius 2 is 2.16 bits per heavy atom. The third-order valence-electron chi connectivity index (χ3n) is 3.34. The molecule has 0 saturated heterocycles. The Balaban J connectivity index is 2.03. The van der Waals surface area contributed by atoms with Crippen molar-refractivity contribution in [3.05, 3.63) is 36.0 Å². The number of nitrogens with one attached hydrogen (secondary N) is 1. The largest absolute Gasteiger partial charge is 0.385 e. The molecule has 1 aromatic carbocycles. The fourth-order valence-electron chi connectivity index (χ4n) is 2.34. The smallest absolute Gasteiger partial charge is 0.0480 e. The van der Waals surface area contributed by atoms with Crippen LogP contribution >= 0.6 is 0 Å². The second kappa shape index (κ2) is 7.31. The van der Waals surface area contributed by atoms with E-state index in [1.807, 2.05) is 0 Å². The first-order chi connectivity index (χ1) is 9.35. The van der Waals surface area contributed by atoms with Gasteiger partial charge in [0.25, 0.3) is 0 Å². The molecule has 0 aliphatic heterocycles. The van der Waals surface area contributed by atoms with E-state index in [9.17, 15) is 0 Å². The molecule has 19 heavy (non-hydrogen) atoms. The van der Waals surface area contributed by atoms with Crippen molar-refractivity contribution in [2.24, 2.45) is 0 Å². The number of nitrogens with zero attached hydrogens (tertiary/aromatic N) is 1. The molecule has 104 valence electrons. The van der Waals surface area contributed by atoms with E-state index in [1.165, 1.54) is 22.9 Å². The van der Waals surface area contributed by atoms with Gasteiger partial charge < -0.3 is 14.6 Å². The van der Waals surface area contributed by atoms with Crippen molar-refractivity contribution in [1.29, 1.82) is 0 Å². The SMILES string of the molecule is CCCNCc1ccc2c(ccn2CCCOC)c1. The monoisotopic (exact) mass is 260 g/mol. The maximum absolute atomic E-state index is 5.10. The quantitative estimate of drug-likeness (QED) is 0.738. The third-order valence-corrected chi connectivity index (χ3v) is 3.34. The van der Waals surface area contributed by atoms with Gasteiger partial charge in [0.15, 0.2) is 0 Å². The van der Waals surface area contributed by atoms with Gasteiger partial charge in [0, 0.05) is 38.5 Å². The highest BCUT2D eigenvalue weighted by molar-refractivity contribution is 5.80. The molecule has 0 amide bonds. The van der Waals surface area contributed by atoms with E-state index in [1.54, 1.807) is 7.11 Å². The molecule has 0 fully saturated rings. The molecule has 0 aliphatic rings. The molecule has 3 nitrogen and oxygen atoms in total. The van der Waals surface area contributed by atoms with Gasteiger partial charge in [-0.25, -0.2) is 0 Å². The molecule has 0 radical (unpaired) electrons. The molecule has 0 spiro atoms. The van der Waals surface area contributed by atoms with Crippen LogP contribution in [0.15, 0.2) is 30.5 Å². The normalized spacial score (nSPS) is 11.3. The van der Waals surface area contributed by atoms with E-state index in [4.69, 9.17) is 4.74 Å². The summed E-state index contributed by atoms with van der Waals surface area (Å²) in [5.41, 5.74) is 2.67. The van der Waals surface area contributed by atoms with E-state index in [-0.39, 0.29) is 0 Å². The lowest BCUT2D eigenvalue weighted by Crippen LogP contribution is -2.13. The number of hydrogen-bond acceptors (Lipinski definition) is 2. The zero-order chi connectivity index (χ0) is 13.5. The van der Waals surface area contributed by atoms with Crippen LogP contribution in [0.4, 0.5) is 0 Å². The van der Waals surface area contributed by atoms with Gasteiger partial charge in [-0.2, -0.15) is 0 Å². The number of aryl methyl sites for hydroxylation is 1. The molecule has 1 N–H and O–H groups in total. The van der Waals surface area contributed by atoms with E-state index >= 15 is 0 Å². The van der Waals surface area contributed by atoms with Gasteiger partial charge in [-0.3, -0.25) is 0 Å². The lowest BCUT2D eigenvalue weighted by atomic mass is 10.1. The first kappa shape index (κ1) is 14.1. The number of rotatable bonds is 8. The summed E-state index contributed by atoms with van der Waals surface area (Å²) in [6.07, 6.45) is 4.40. The van der Waals surface area contributed by atoms with Crippen LogP contribution in [-0.2, 0) is 17.8 Å². The standard InChI is InChI=1S/C16H24N2O/c1-3-8-17-13-14-5-6-16-15(12-14)7-10-18(16)9-4-11-19-2/h5-7,10,12,17H,3-4,8-9,11,13H2,1-2H3. The summed E-state index contributed by atoms with van der Waals surface area (Å²) in [4.78, 5) is 0. The number of fused-ring (bicyclic) bond motifs is 1. The van der Waals surface area contributed by atoms with E-state index in [0.717, 1.165) is 32.7 Å². The third kappa shape index (κ3) is 3.82. The van der Waals surface area contributed by atoms with Crippen molar-refractivity contribution in [3.63, 3.8) is 0 Å². The van der Waals surface area contributed by atoms with Crippen molar-refractivity contribution in [3.8, 4) is 0 Å². The molecule has 3 heteroatoms. The summed E-state index contributed by atoms with van der Waals surface area (Å²) in [7, 11) is 1.75. The molecule has 2 rings (SSSR count). The van der Waals surface area contributed by atoms with Crippen molar-refractivity contribution in [2.45, 2.75) is 32.9 Å². The maximum atomic E-state index is 5.10. The second-order valence-electron chi connectivity index (χ2n) is 4.93. The van der Waals surface area contributed by atoms with Gasteiger partial charge in [-0.1, -0.05) is 13.0 Å². The van der Waals surface area contributed by atoms with Crippen LogP contribution < -0.4 is 5.32 Å². The molecule has 0 saturated carbocycles. The minimum Gasteiger partial charge on any atom is -0.385 e. The van der Waals surface area contributed by atoms with Crippen LogP contribution in [0.2, 0.25) is 0 Å². The molecule has 0 bridgehead atoms. The molecule has 1 aromatic heterocycles. The van der Waals surface area contributed by atoms with E-state index < -0.39 is 0 Å². The highest BCUT2D eigenvalue weighted by atomic mass is 16.5. The zero-order valence-corrected chi connectivity index (χ0v) is 12.0. The molecule has 1 heterocycles.